The molecular weight excluding hydrogens is 340 g/mol. The van der Waals surface area contributed by atoms with Gasteiger partial charge in [0, 0.05) is 10.0 Å². The number of furan rings is 1. The van der Waals surface area contributed by atoms with Gasteiger partial charge in [-0.05, 0) is 51.0 Å². The summed E-state index contributed by atoms with van der Waals surface area (Å²) in [6.07, 6.45) is 0. The molecule has 2 nitrogen and oxygen atoms in total. The summed E-state index contributed by atoms with van der Waals surface area (Å²) in [6, 6.07) is 5.89. The average molecular weight is 358 g/mol. The summed E-state index contributed by atoms with van der Waals surface area (Å²) in [5, 5.41) is -0.238. The van der Waals surface area contributed by atoms with Crippen LogP contribution in [0.25, 0.3) is 0 Å². The lowest BCUT2D eigenvalue weighted by Gasteiger charge is -2.14. The van der Waals surface area contributed by atoms with Gasteiger partial charge in [0.15, 0.2) is 0 Å². The third-order valence-corrected chi connectivity index (χ3v) is 4.57. The monoisotopic (exact) mass is 356 g/mol. The van der Waals surface area contributed by atoms with Gasteiger partial charge in [0.2, 0.25) is 0 Å². The van der Waals surface area contributed by atoms with Gasteiger partial charge in [0.1, 0.15) is 17.3 Å². The average Bonchev–Trinajstić information content (AvgIpc) is 2.63. The van der Waals surface area contributed by atoms with E-state index in [9.17, 15) is 0 Å². The smallest absolute Gasteiger partial charge is 0.120 e. The Hall–Kier alpha value is -0.930. The lowest BCUT2D eigenvalue weighted by Crippen LogP contribution is -1.98. The fraction of sp³-hybridized carbons (Fsp3) is 0.375. The lowest BCUT2D eigenvalue weighted by atomic mass is 10.0. The molecule has 0 aliphatic rings. The molecule has 20 heavy (non-hydrogen) atoms. The highest BCUT2D eigenvalue weighted by atomic mass is 79.9. The van der Waals surface area contributed by atoms with Crippen LogP contribution in [0.2, 0.25) is 0 Å². The fourth-order valence-electron chi connectivity index (χ4n) is 2.31. The van der Waals surface area contributed by atoms with Crippen LogP contribution in [0.5, 0.6) is 5.75 Å². The third-order valence-electron chi connectivity index (χ3n) is 3.43. The number of aryl methyl sites for hydroxylation is 2. The van der Waals surface area contributed by atoms with Crippen LogP contribution in [0.3, 0.4) is 0 Å². The van der Waals surface area contributed by atoms with Crippen molar-refractivity contribution < 1.29 is 9.15 Å². The molecule has 0 aliphatic heterocycles. The minimum Gasteiger partial charge on any atom is -0.494 e. The van der Waals surface area contributed by atoms with E-state index in [0.29, 0.717) is 6.61 Å². The van der Waals surface area contributed by atoms with Crippen LogP contribution in [0, 0.1) is 20.8 Å². The van der Waals surface area contributed by atoms with E-state index in [2.05, 4.69) is 15.9 Å². The predicted molar refractivity (Wildman–Crippen MR) is 85.9 cm³/mol. The first kappa shape index (κ1) is 15.5. The normalized spacial score (nSPS) is 12.5. The van der Waals surface area contributed by atoms with Crippen molar-refractivity contribution in [3.8, 4) is 5.75 Å². The summed E-state index contributed by atoms with van der Waals surface area (Å²) in [7, 11) is 0. The number of hydrogen-bond acceptors (Lipinski definition) is 2. The summed E-state index contributed by atoms with van der Waals surface area (Å²) in [4.78, 5) is 0. The molecule has 1 aromatic carbocycles. The Morgan fingerprint density at radius 3 is 2.45 bits per heavy atom. The summed E-state index contributed by atoms with van der Waals surface area (Å²) >= 11 is 10.2. The van der Waals surface area contributed by atoms with Gasteiger partial charge in [0.05, 0.1) is 12.0 Å². The van der Waals surface area contributed by atoms with Crippen molar-refractivity contribution in [1.82, 2.24) is 0 Å². The van der Waals surface area contributed by atoms with Crippen LogP contribution in [-0.2, 0) is 0 Å². The zero-order valence-corrected chi connectivity index (χ0v) is 14.4. The second kappa shape index (κ2) is 6.23. The van der Waals surface area contributed by atoms with E-state index < -0.39 is 0 Å². The molecule has 2 aromatic rings. The quantitative estimate of drug-likeness (QED) is 0.655. The van der Waals surface area contributed by atoms with Gasteiger partial charge in [-0.25, -0.2) is 0 Å². The number of hydrogen-bond donors (Lipinski definition) is 0. The molecule has 0 bridgehead atoms. The van der Waals surface area contributed by atoms with E-state index in [1.165, 1.54) is 0 Å². The first-order chi connectivity index (χ1) is 9.45. The molecule has 0 amide bonds. The molecule has 1 unspecified atom stereocenters. The minimum absolute atomic E-state index is 0.238. The summed E-state index contributed by atoms with van der Waals surface area (Å²) in [5.74, 6) is 2.63. The Kier molecular flexibility index (Phi) is 4.82. The molecule has 0 N–H and O–H groups in total. The maximum Gasteiger partial charge on any atom is 0.120 e. The maximum atomic E-state index is 6.66. The van der Waals surface area contributed by atoms with E-state index in [0.717, 1.165) is 38.4 Å². The molecule has 0 saturated heterocycles. The highest BCUT2D eigenvalue weighted by Crippen LogP contribution is 2.39. The van der Waals surface area contributed by atoms with Gasteiger partial charge in [-0.1, -0.05) is 22.0 Å². The van der Waals surface area contributed by atoms with Crippen LogP contribution in [0.4, 0.5) is 0 Å². The number of alkyl halides is 1. The molecule has 1 heterocycles. The van der Waals surface area contributed by atoms with Crippen molar-refractivity contribution in [3.05, 3.63) is 50.9 Å². The zero-order valence-electron chi connectivity index (χ0n) is 12.1. The highest BCUT2D eigenvalue weighted by molar-refractivity contribution is 9.10. The van der Waals surface area contributed by atoms with Crippen LogP contribution >= 0.6 is 27.5 Å². The molecule has 0 spiro atoms. The molecule has 2 rings (SSSR count). The largest absolute Gasteiger partial charge is 0.494 e. The second-order valence-electron chi connectivity index (χ2n) is 4.73. The summed E-state index contributed by atoms with van der Waals surface area (Å²) in [5.41, 5.74) is 3.18. The zero-order chi connectivity index (χ0) is 14.9. The van der Waals surface area contributed by atoms with Crippen LogP contribution in [0.15, 0.2) is 27.1 Å². The van der Waals surface area contributed by atoms with Crippen molar-refractivity contribution >= 4 is 27.5 Å². The van der Waals surface area contributed by atoms with Crippen LogP contribution in [0.1, 0.15) is 40.5 Å². The Labute approximate surface area is 133 Å². The van der Waals surface area contributed by atoms with Crippen molar-refractivity contribution in [2.24, 2.45) is 0 Å². The minimum atomic E-state index is -0.238. The van der Waals surface area contributed by atoms with Crippen LogP contribution in [-0.4, -0.2) is 6.61 Å². The number of rotatable bonds is 4. The van der Waals surface area contributed by atoms with E-state index in [-0.39, 0.29) is 5.38 Å². The molecule has 0 saturated carbocycles. The van der Waals surface area contributed by atoms with E-state index in [1.807, 2.05) is 45.9 Å². The first-order valence-electron chi connectivity index (χ1n) is 6.58. The van der Waals surface area contributed by atoms with Gasteiger partial charge in [-0.15, -0.1) is 11.6 Å². The van der Waals surface area contributed by atoms with Crippen molar-refractivity contribution in [3.63, 3.8) is 0 Å². The van der Waals surface area contributed by atoms with E-state index in [1.54, 1.807) is 0 Å². The Balaban J connectivity index is 2.40. The molecule has 1 atom stereocenters. The van der Waals surface area contributed by atoms with Crippen LogP contribution < -0.4 is 4.74 Å². The fourth-order valence-corrected chi connectivity index (χ4v) is 3.53. The van der Waals surface area contributed by atoms with E-state index in [4.69, 9.17) is 20.8 Å². The standard InChI is InChI=1S/C16H18BrClO2/c1-5-19-12-6-7-13(14(17)8-12)16(18)15-9(2)10(3)20-11(15)4/h6-8,16H,5H2,1-4H3. The van der Waals surface area contributed by atoms with Gasteiger partial charge in [0.25, 0.3) is 0 Å². The Morgan fingerprint density at radius 1 is 1.25 bits per heavy atom. The SMILES string of the molecule is CCOc1ccc(C(Cl)c2c(C)oc(C)c2C)c(Br)c1. The van der Waals surface area contributed by atoms with Gasteiger partial charge in [-0.3, -0.25) is 0 Å². The first-order valence-corrected chi connectivity index (χ1v) is 7.81. The second-order valence-corrected chi connectivity index (χ2v) is 6.02. The number of ether oxygens (including phenoxy) is 1. The molecular formula is C16H18BrClO2. The van der Waals surface area contributed by atoms with Crippen molar-refractivity contribution in [2.75, 3.05) is 6.61 Å². The Bertz CT molecular complexity index is 619. The van der Waals surface area contributed by atoms with Gasteiger partial charge >= 0.3 is 0 Å². The molecule has 0 radical (unpaired) electrons. The lowest BCUT2D eigenvalue weighted by molar-refractivity contribution is 0.340. The summed E-state index contributed by atoms with van der Waals surface area (Å²) in [6.45, 7) is 8.57. The van der Waals surface area contributed by atoms with E-state index >= 15 is 0 Å². The number of benzene rings is 1. The molecule has 1 aromatic heterocycles. The summed E-state index contributed by atoms with van der Waals surface area (Å²) < 4.78 is 12.1. The van der Waals surface area contributed by atoms with Crippen molar-refractivity contribution in [2.45, 2.75) is 33.1 Å². The highest BCUT2D eigenvalue weighted by Gasteiger charge is 2.22. The molecule has 0 fully saturated rings. The predicted octanol–water partition coefficient (Wildman–Crippen LogP) is 5.69. The van der Waals surface area contributed by atoms with Gasteiger partial charge in [-0.2, -0.15) is 0 Å². The number of halogens is 2. The molecule has 4 heteroatoms. The topological polar surface area (TPSA) is 22.4 Å². The third kappa shape index (κ3) is 2.89. The Morgan fingerprint density at radius 2 is 1.95 bits per heavy atom. The molecule has 0 aliphatic carbocycles. The van der Waals surface area contributed by atoms with Crippen molar-refractivity contribution in [1.29, 1.82) is 0 Å². The van der Waals surface area contributed by atoms with Gasteiger partial charge < -0.3 is 9.15 Å². The maximum absolute atomic E-state index is 6.66. The molecule has 108 valence electrons.